The van der Waals surface area contributed by atoms with E-state index in [1.807, 2.05) is 12.1 Å². The SMILES string of the molecule is CCN(CC1CCCNC1)c1cccc(OC)n1. The Hall–Kier alpha value is -1.29. The van der Waals surface area contributed by atoms with Crippen LogP contribution in [0.2, 0.25) is 0 Å². The van der Waals surface area contributed by atoms with Gasteiger partial charge in [0.25, 0.3) is 0 Å². The molecule has 0 amide bonds. The molecular weight excluding hydrogens is 226 g/mol. The van der Waals surface area contributed by atoms with E-state index in [1.54, 1.807) is 7.11 Å². The van der Waals surface area contributed by atoms with Crippen molar-refractivity contribution in [3.63, 3.8) is 0 Å². The van der Waals surface area contributed by atoms with Gasteiger partial charge in [0.15, 0.2) is 0 Å². The summed E-state index contributed by atoms with van der Waals surface area (Å²) in [6, 6.07) is 5.95. The summed E-state index contributed by atoms with van der Waals surface area (Å²) in [7, 11) is 1.66. The summed E-state index contributed by atoms with van der Waals surface area (Å²) in [6.07, 6.45) is 2.60. The van der Waals surface area contributed by atoms with Gasteiger partial charge in [0.1, 0.15) is 5.82 Å². The first-order chi connectivity index (χ1) is 8.83. The van der Waals surface area contributed by atoms with Crippen LogP contribution in [0.1, 0.15) is 19.8 Å². The first kappa shape index (κ1) is 13.1. The van der Waals surface area contributed by atoms with E-state index in [1.165, 1.54) is 19.4 Å². The molecule has 1 unspecified atom stereocenters. The molecule has 1 N–H and O–H groups in total. The van der Waals surface area contributed by atoms with Gasteiger partial charge in [0, 0.05) is 19.2 Å². The van der Waals surface area contributed by atoms with Crippen molar-refractivity contribution in [2.45, 2.75) is 19.8 Å². The Morgan fingerprint density at radius 1 is 1.50 bits per heavy atom. The van der Waals surface area contributed by atoms with Gasteiger partial charge in [0.2, 0.25) is 5.88 Å². The molecular formula is C14H23N3O. The molecule has 1 saturated heterocycles. The molecule has 0 spiro atoms. The van der Waals surface area contributed by atoms with Gasteiger partial charge in [-0.3, -0.25) is 0 Å². The Balaban J connectivity index is 2.02. The van der Waals surface area contributed by atoms with Crippen LogP contribution in [0.15, 0.2) is 18.2 Å². The Labute approximate surface area is 109 Å². The van der Waals surface area contributed by atoms with Crippen molar-refractivity contribution >= 4 is 5.82 Å². The number of hydrogen-bond acceptors (Lipinski definition) is 4. The highest BCUT2D eigenvalue weighted by Crippen LogP contribution is 2.19. The fourth-order valence-electron chi connectivity index (χ4n) is 2.47. The lowest BCUT2D eigenvalue weighted by molar-refractivity contribution is 0.375. The van der Waals surface area contributed by atoms with Crippen LogP contribution < -0.4 is 15.0 Å². The third kappa shape index (κ3) is 3.35. The van der Waals surface area contributed by atoms with Gasteiger partial charge in [-0.05, 0) is 44.8 Å². The van der Waals surface area contributed by atoms with Crippen molar-refractivity contribution in [1.29, 1.82) is 0 Å². The predicted octanol–water partition coefficient (Wildman–Crippen LogP) is 1.92. The zero-order valence-corrected chi connectivity index (χ0v) is 11.4. The van der Waals surface area contributed by atoms with E-state index in [9.17, 15) is 0 Å². The van der Waals surface area contributed by atoms with Crippen molar-refractivity contribution in [2.75, 3.05) is 38.2 Å². The molecule has 0 bridgehead atoms. The molecule has 4 nitrogen and oxygen atoms in total. The minimum absolute atomic E-state index is 0.688. The van der Waals surface area contributed by atoms with Crippen molar-refractivity contribution in [3.05, 3.63) is 18.2 Å². The normalized spacial score (nSPS) is 19.6. The number of anilines is 1. The van der Waals surface area contributed by atoms with Gasteiger partial charge < -0.3 is 15.0 Å². The van der Waals surface area contributed by atoms with Crippen LogP contribution in [-0.2, 0) is 0 Å². The summed E-state index contributed by atoms with van der Waals surface area (Å²) >= 11 is 0. The molecule has 1 fully saturated rings. The van der Waals surface area contributed by atoms with E-state index in [2.05, 4.69) is 28.2 Å². The number of pyridine rings is 1. The van der Waals surface area contributed by atoms with Crippen molar-refractivity contribution in [1.82, 2.24) is 10.3 Å². The van der Waals surface area contributed by atoms with Crippen LogP contribution in [0.25, 0.3) is 0 Å². The van der Waals surface area contributed by atoms with E-state index in [4.69, 9.17) is 4.74 Å². The standard InChI is InChI=1S/C14H23N3O/c1-3-17(11-12-6-5-9-15-10-12)13-7-4-8-14(16-13)18-2/h4,7-8,12,15H,3,5-6,9-11H2,1-2H3. The molecule has 1 aliphatic heterocycles. The second kappa shape index (κ2) is 6.59. The van der Waals surface area contributed by atoms with Crippen LogP contribution in [0, 0.1) is 5.92 Å². The van der Waals surface area contributed by atoms with E-state index in [-0.39, 0.29) is 0 Å². The second-order valence-electron chi connectivity index (χ2n) is 4.79. The third-order valence-corrected chi connectivity index (χ3v) is 3.50. The Morgan fingerprint density at radius 3 is 3.06 bits per heavy atom. The van der Waals surface area contributed by atoms with Gasteiger partial charge in [-0.2, -0.15) is 4.98 Å². The van der Waals surface area contributed by atoms with Crippen LogP contribution in [0.4, 0.5) is 5.82 Å². The maximum absolute atomic E-state index is 5.19. The van der Waals surface area contributed by atoms with Gasteiger partial charge in [-0.15, -0.1) is 0 Å². The van der Waals surface area contributed by atoms with Gasteiger partial charge in [-0.25, -0.2) is 0 Å². The molecule has 4 heteroatoms. The lowest BCUT2D eigenvalue weighted by Crippen LogP contribution is -2.38. The minimum atomic E-state index is 0.688. The number of ether oxygens (including phenoxy) is 1. The highest BCUT2D eigenvalue weighted by Gasteiger charge is 2.17. The zero-order valence-electron chi connectivity index (χ0n) is 11.4. The molecule has 1 aromatic rings. The Kier molecular flexibility index (Phi) is 4.81. The topological polar surface area (TPSA) is 37.4 Å². The summed E-state index contributed by atoms with van der Waals surface area (Å²) in [5.74, 6) is 2.43. The monoisotopic (exact) mass is 249 g/mol. The fourth-order valence-corrected chi connectivity index (χ4v) is 2.47. The van der Waals surface area contributed by atoms with Crippen molar-refractivity contribution < 1.29 is 4.74 Å². The first-order valence-corrected chi connectivity index (χ1v) is 6.80. The number of nitrogens with one attached hydrogen (secondary N) is 1. The highest BCUT2D eigenvalue weighted by atomic mass is 16.5. The van der Waals surface area contributed by atoms with E-state index in [0.29, 0.717) is 5.88 Å². The molecule has 100 valence electrons. The maximum Gasteiger partial charge on any atom is 0.214 e. The summed E-state index contributed by atoms with van der Waals surface area (Å²) in [4.78, 5) is 6.84. The largest absolute Gasteiger partial charge is 0.481 e. The lowest BCUT2D eigenvalue weighted by atomic mass is 9.99. The number of hydrogen-bond donors (Lipinski definition) is 1. The molecule has 1 aliphatic rings. The average Bonchev–Trinajstić information content (AvgIpc) is 2.46. The molecule has 1 aromatic heterocycles. The molecule has 18 heavy (non-hydrogen) atoms. The highest BCUT2D eigenvalue weighted by molar-refractivity contribution is 5.40. The molecule has 2 rings (SSSR count). The van der Waals surface area contributed by atoms with E-state index >= 15 is 0 Å². The molecule has 0 radical (unpaired) electrons. The lowest BCUT2D eigenvalue weighted by Gasteiger charge is -2.30. The van der Waals surface area contributed by atoms with Gasteiger partial charge >= 0.3 is 0 Å². The zero-order chi connectivity index (χ0) is 12.8. The Morgan fingerprint density at radius 2 is 2.39 bits per heavy atom. The fraction of sp³-hybridized carbons (Fsp3) is 0.643. The predicted molar refractivity (Wildman–Crippen MR) is 74.3 cm³/mol. The molecule has 0 aromatic carbocycles. The summed E-state index contributed by atoms with van der Waals surface area (Å²) in [5.41, 5.74) is 0. The number of nitrogens with zero attached hydrogens (tertiary/aromatic N) is 2. The average molecular weight is 249 g/mol. The van der Waals surface area contributed by atoms with Crippen molar-refractivity contribution in [2.24, 2.45) is 5.92 Å². The maximum atomic E-state index is 5.19. The van der Waals surface area contributed by atoms with Crippen LogP contribution in [0.5, 0.6) is 5.88 Å². The van der Waals surface area contributed by atoms with Crippen LogP contribution in [0.3, 0.4) is 0 Å². The summed E-state index contributed by atoms with van der Waals surface area (Å²) < 4.78 is 5.19. The second-order valence-corrected chi connectivity index (χ2v) is 4.79. The minimum Gasteiger partial charge on any atom is -0.481 e. The first-order valence-electron chi connectivity index (χ1n) is 6.80. The number of aromatic nitrogens is 1. The van der Waals surface area contributed by atoms with E-state index < -0.39 is 0 Å². The number of piperidine rings is 1. The number of methoxy groups -OCH3 is 1. The van der Waals surface area contributed by atoms with Crippen molar-refractivity contribution in [3.8, 4) is 5.88 Å². The van der Waals surface area contributed by atoms with Crippen LogP contribution in [-0.4, -0.2) is 38.3 Å². The number of rotatable bonds is 5. The molecule has 2 heterocycles. The molecule has 1 atom stereocenters. The Bertz CT molecular complexity index is 364. The van der Waals surface area contributed by atoms with Crippen LogP contribution >= 0.6 is 0 Å². The molecule has 0 saturated carbocycles. The van der Waals surface area contributed by atoms with Gasteiger partial charge in [0.05, 0.1) is 7.11 Å². The summed E-state index contributed by atoms with van der Waals surface area (Å²) in [6.45, 7) is 6.53. The quantitative estimate of drug-likeness (QED) is 0.865. The smallest absolute Gasteiger partial charge is 0.214 e. The third-order valence-electron chi connectivity index (χ3n) is 3.50. The van der Waals surface area contributed by atoms with Gasteiger partial charge in [-0.1, -0.05) is 6.07 Å². The van der Waals surface area contributed by atoms with E-state index in [0.717, 1.165) is 31.4 Å². The summed E-state index contributed by atoms with van der Waals surface area (Å²) in [5, 5.41) is 3.47. The molecule has 0 aliphatic carbocycles.